The Balaban J connectivity index is 2.01. The smallest absolute Gasteiger partial charge is 0.335 e. The van der Waals surface area contributed by atoms with Crippen molar-refractivity contribution in [2.45, 2.75) is 36.8 Å². The molecule has 9 heteroatoms. The maximum absolute atomic E-state index is 11.9. The third kappa shape index (κ3) is 4.31. The van der Waals surface area contributed by atoms with Crippen molar-refractivity contribution in [3.63, 3.8) is 0 Å². The van der Waals surface area contributed by atoms with Gasteiger partial charge in [0.2, 0.25) is 0 Å². The summed E-state index contributed by atoms with van der Waals surface area (Å²) in [6.45, 7) is 0. The van der Waals surface area contributed by atoms with Crippen molar-refractivity contribution in [3.05, 3.63) is 29.8 Å². The maximum Gasteiger partial charge on any atom is 0.335 e. The highest BCUT2D eigenvalue weighted by Gasteiger charge is 2.50. The molecule has 26 heavy (non-hydrogen) atoms. The van der Waals surface area contributed by atoms with Gasteiger partial charge >= 0.3 is 11.9 Å². The van der Waals surface area contributed by atoms with Crippen LogP contribution < -0.4 is 4.74 Å². The zero-order valence-electron chi connectivity index (χ0n) is 13.9. The van der Waals surface area contributed by atoms with E-state index in [1.165, 1.54) is 25.3 Å². The van der Waals surface area contributed by atoms with Gasteiger partial charge in [0.15, 0.2) is 23.2 Å². The Hall–Kier alpha value is -2.62. The number of phenolic OH excluding ortho intramolecular Hbond substituents is 1. The number of aliphatic carboxylic acids is 1. The first-order valence-electron chi connectivity index (χ1n) is 7.74. The molecule has 142 valence electrons. The number of carbonyl (C=O) groups excluding carboxylic acids is 1. The van der Waals surface area contributed by atoms with Crippen LogP contribution in [0.15, 0.2) is 24.3 Å². The average molecular weight is 368 g/mol. The Morgan fingerprint density at radius 3 is 2.35 bits per heavy atom. The number of carboxylic acid groups (broad SMARTS) is 1. The predicted octanol–water partition coefficient (Wildman–Crippen LogP) is -0.343. The van der Waals surface area contributed by atoms with Gasteiger partial charge in [-0.05, 0) is 23.8 Å². The van der Waals surface area contributed by atoms with Crippen LogP contribution in [0, 0.1) is 0 Å². The topological polar surface area (TPSA) is 154 Å². The third-order valence-corrected chi connectivity index (χ3v) is 4.12. The summed E-state index contributed by atoms with van der Waals surface area (Å²) in [7, 11) is 1.40. The first kappa shape index (κ1) is 19.7. The van der Waals surface area contributed by atoms with Gasteiger partial charge in [-0.25, -0.2) is 9.59 Å². The first-order chi connectivity index (χ1) is 12.2. The van der Waals surface area contributed by atoms with Gasteiger partial charge in [0.05, 0.1) is 19.3 Å². The largest absolute Gasteiger partial charge is 0.504 e. The van der Waals surface area contributed by atoms with Gasteiger partial charge < -0.3 is 35.0 Å². The second kappa shape index (κ2) is 7.73. The Labute approximate surface area is 148 Å². The number of benzene rings is 1. The summed E-state index contributed by atoms with van der Waals surface area (Å²) >= 11 is 0. The van der Waals surface area contributed by atoms with Crippen molar-refractivity contribution >= 4 is 18.0 Å². The molecule has 1 fully saturated rings. The minimum Gasteiger partial charge on any atom is -0.504 e. The third-order valence-electron chi connectivity index (χ3n) is 4.12. The number of carboxylic acids is 1. The van der Waals surface area contributed by atoms with Crippen molar-refractivity contribution in [3.8, 4) is 11.5 Å². The van der Waals surface area contributed by atoms with Gasteiger partial charge in [0, 0.05) is 18.9 Å². The zero-order valence-corrected chi connectivity index (χ0v) is 13.9. The molecule has 1 aliphatic carbocycles. The van der Waals surface area contributed by atoms with Gasteiger partial charge in [0.25, 0.3) is 0 Å². The molecule has 1 aromatic carbocycles. The molecule has 1 aromatic rings. The maximum atomic E-state index is 11.9. The van der Waals surface area contributed by atoms with Crippen LogP contribution >= 0.6 is 0 Å². The van der Waals surface area contributed by atoms with Crippen molar-refractivity contribution < 1.29 is 44.6 Å². The van der Waals surface area contributed by atoms with Crippen LogP contribution in [-0.2, 0) is 14.3 Å². The van der Waals surface area contributed by atoms with E-state index in [1.54, 1.807) is 6.07 Å². The van der Waals surface area contributed by atoms with Gasteiger partial charge in [0.1, 0.15) is 0 Å². The SMILES string of the molecule is COc1ccc(/C=C/C(=O)OC2[C@H](O)CC(O)(C(=O)O)C[C@@H]2O)cc1O. The molecule has 0 aliphatic heterocycles. The lowest BCUT2D eigenvalue weighted by Crippen LogP contribution is -2.57. The summed E-state index contributed by atoms with van der Waals surface area (Å²) in [6.07, 6.45) is -3.23. The number of hydrogen-bond donors (Lipinski definition) is 5. The summed E-state index contributed by atoms with van der Waals surface area (Å²) in [5.74, 6) is -2.30. The molecular weight excluding hydrogens is 348 g/mol. The average Bonchev–Trinajstić information content (AvgIpc) is 2.56. The summed E-state index contributed by atoms with van der Waals surface area (Å²) in [6, 6.07) is 4.45. The van der Waals surface area contributed by atoms with Crippen molar-refractivity contribution in [1.29, 1.82) is 0 Å². The molecule has 0 amide bonds. The highest BCUT2D eigenvalue weighted by Crippen LogP contribution is 2.31. The van der Waals surface area contributed by atoms with Gasteiger partial charge in [-0.2, -0.15) is 0 Å². The van der Waals surface area contributed by atoms with Crippen LogP contribution in [0.25, 0.3) is 6.08 Å². The number of aliphatic hydroxyl groups excluding tert-OH is 2. The van der Waals surface area contributed by atoms with Crippen LogP contribution in [0.3, 0.4) is 0 Å². The number of aromatic hydroxyl groups is 1. The molecule has 0 bridgehead atoms. The molecule has 0 aromatic heterocycles. The van der Waals surface area contributed by atoms with E-state index < -0.39 is 48.7 Å². The van der Waals surface area contributed by atoms with Crippen LogP contribution in [0.1, 0.15) is 18.4 Å². The highest BCUT2D eigenvalue weighted by molar-refractivity contribution is 5.87. The fourth-order valence-corrected chi connectivity index (χ4v) is 2.74. The molecule has 0 saturated heterocycles. The van der Waals surface area contributed by atoms with E-state index in [-0.39, 0.29) is 11.5 Å². The Bertz CT molecular complexity index is 700. The minimum absolute atomic E-state index is 0.117. The second-order valence-electron chi connectivity index (χ2n) is 6.05. The number of ether oxygens (including phenoxy) is 2. The lowest BCUT2D eigenvalue weighted by molar-refractivity contribution is -0.196. The van der Waals surface area contributed by atoms with Crippen LogP contribution in [0.4, 0.5) is 0 Å². The van der Waals surface area contributed by atoms with Gasteiger partial charge in [-0.3, -0.25) is 0 Å². The number of rotatable bonds is 5. The van der Waals surface area contributed by atoms with Crippen molar-refractivity contribution in [1.82, 2.24) is 0 Å². The standard InChI is InChI=1S/C17H20O9/c1-25-13-4-2-9(6-10(13)18)3-5-14(21)26-15-11(19)7-17(24,16(22)23)8-12(15)20/h2-6,11-12,15,18-20,24H,7-8H2,1H3,(H,22,23)/b5-3+/t11-,12+,15?,17?. The van der Waals surface area contributed by atoms with Crippen LogP contribution in [0.5, 0.6) is 11.5 Å². The normalized spacial score (nSPS) is 28.7. The van der Waals surface area contributed by atoms with E-state index in [1.807, 2.05) is 0 Å². The van der Waals surface area contributed by atoms with E-state index in [4.69, 9.17) is 14.6 Å². The van der Waals surface area contributed by atoms with Crippen LogP contribution in [-0.4, -0.2) is 68.5 Å². The molecule has 4 atom stereocenters. The van der Waals surface area contributed by atoms with Gasteiger partial charge in [-0.15, -0.1) is 0 Å². The van der Waals surface area contributed by atoms with Crippen molar-refractivity contribution in [2.24, 2.45) is 0 Å². The Morgan fingerprint density at radius 2 is 1.85 bits per heavy atom. The predicted molar refractivity (Wildman–Crippen MR) is 87.4 cm³/mol. The summed E-state index contributed by atoms with van der Waals surface area (Å²) in [4.78, 5) is 22.9. The molecule has 1 saturated carbocycles. The van der Waals surface area contributed by atoms with Crippen molar-refractivity contribution in [2.75, 3.05) is 7.11 Å². The quantitative estimate of drug-likeness (QED) is 0.347. The number of aliphatic hydroxyl groups is 3. The number of methoxy groups -OCH3 is 1. The fraction of sp³-hybridized carbons (Fsp3) is 0.412. The number of phenols is 1. The molecule has 0 heterocycles. The molecular formula is C17H20O9. The second-order valence-corrected chi connectivity index (χ2v) is 6.05. The van der Waals surface area contributed by atoms with E-state index in [0.29, 0.717) is 5.56 Å². The summed E-state index contributed by atoms with van der Waals surface area (Å²) < 4.78 is 9.87. The molecule has 5 N–H and O–H groups in total. The number of esters is 1. The van der Waals surface area contributed by atoms with E-state index in [0.717, 1.165) is 6.08 Å². The number of carbonyl (C=O) groups is 2. The minimum atomic E-state index is -2.28. The molecule has 0 spiro atoms. The van der Waals surface area contributed by atoms with E-state index in [2.05, 4.69) is 0 Å². The Morgan fingerprint density at radius 1 is 1.23 bits per heavy atom. The Kier molecular flexibility index (Phi) is 5.86. The van der Waals surface area contributed by atoms with Crippen LogP contribution in [0.2, 0.25) is 0 Å². The summed E-state index contributed by atoms with van der Waals surface area (Å²) in [5, 5.41) is 48.3. The monoisotopic (exact) mass is 368 g/mol. The lowest BCUT2D eigenvalue weighted by atomic mass is 9.79. The molecule has 1 aliphatic rings. The highest BCUT2D eigenvalue weighted by atomic mass is 16.6. The summed E-state index contributed by atoms with van der Waals surface area (Å²) in [5.41, 5.74) is -1.80. The van der Waals surface area contributed by atoms with E-state index in [9.17, 15) is 30.0 Å². The molecule has 0 radical (unpaired) electrons. The fourth-order valence-electron chi connectivity index (χ4n) is 2.74. The first-order valence-corrected chi connectivity index (χ1v) is 7.74. The van der Waals surface area contributed by atoms with Gasteiger partial charge in [-0.1, -0.05) is 6.07 Å². The van der Waals surface area contributed by atoms with E-state index >= 15 is 0 Å². The molecule has 9 nitrogen and oxygen atoms in total. The zero-order chi connectivity index (χ0) is 19.5. The molecule has 2 unspecified atom stereocenters. The molecule has 2 rings (SSSR count). The lowest BCUT2D eigenvalue weighted by Gasteiger charge is -2.39. The number of hydrogen-bond acceptors (Lipinski definition) is 8.